The number of benzene rings is 2. The number of rotatable bonds is 8. The molecule has 3 heterocycles. The predicted octanol–water partition coefficient (Wildman–Crippen LogP) is 4.43. The molecule has 2 amide bonds. The first kappa shape index (κ1) is 25.0. The van der Waals surface area contributed by atoms with E-state index in [1.54, 1.807) is 36.9 Å². The van der Waals surface area contributed by atoms with Crippen LogP contribution in [0.1, 0.15) is 43.4 Å². The van der Waals surface area contributed by atoms with Gasteiger partial charge in [0.25, 0.3) is 0 Å². The highest BCUT2D eigenvalue weighted by atomic mass is 16.4. The zero-order valence-corrected chi connectivity index (χ0v) is 20.6. The average molecular weight is 515 g/mol. The third-order valence-electron chi connectivity index (χ3n) is 5.56. The molecule has 39 heavy (non-hydrogen) atoms. The minimum absolute atomic E-state index is 0.0815. The lowest BCUT2D eigenvalue weighted by molar-refractivity contribution is 0.0902. The van der Waals surface area contributed by atoms with E-state index >= 15 is 0 Å². The number of hydrogen-bond acceptors (Lipinski definition) is 7. The summed E-state index contributed by atoms with van der Waals surface area (Å²) in [4.78, 5) is 33.9. The van der Waals surface area contributed by atoms with Gasteiger partial charge in [-0.15, -0.1) is 0 Å². The van der Waals surface area contributed by atoms with E-state index in [9.17, 15) is 9.59 Å². The number of nitrogens with zero attached hydrogens (tertiary/aromatic N) is 4. The van der Waals surface area contributed by atoms with Crippen molar-refractivity contribution in [3.63, 3.8) is 0 Å². The Hall–Kier alpha value is -5.70. The Balaban J connectivity index is 1.32. The molecule has 2 N–H and O–H groups in total. The smallest absolute Gasteiger partial charge is 0.307 e. The maximum atomic E-state index is 12.8. The number of carbonyl (C=O) groups is 2. The van der Waals surface area contributed by atoms with Crippen molar-refractivity contribution in [1.29, 1.82) is 0 Å². The fourth-order valence-electron chi connectivity index (χ4n) is 3.69. The molecular weight excluding hydrogens is 492 g/mol. The lowest BCUT2D eigenvalue weighted by atomic mass is 10.0. The van der Waals surface area contributed by atoms with Crippen molar-refractivity contribution in [2.45, 2.75) is 0 Å². The van der Waals surface area contributed by atoms with Gasteiger partial charge in [-0.1, -0.05) is 60.7 Å². The van der Waals surface area contributed by atoms with Crippen LogP contribution in [0.3, 0.4) is 0 Å². The molecule has 0 bridgehead atoms. The number of aromatic nitrogens is 2. The Labute approximate surface area is 224 Å². The van der Waals surface area contributed by atoms with Crippen molar-refractivity contribution in [3.8, 4) is 0 Å². The minimum Gasteiger partial charge on any atom is -0.446 e. The molecule has 0 radical (unpaired) electrons. The number of carbonyl (C=O) groups excluding carboxylic acids is 2. The van der Waals surface area contributed by atoms with Crippen molar-refractivity contribution in [2.75, 3.05) is 0 Å². The normalized spacial score (nSPS) is 11.6. The largest absolute Gasteiger partial charge is 0.446 e. The first-order valence-corrected chi connectivity index (χ1v) is 12.0. The molecule has 0 spiro atoms. The molecule has 0 fully saturated rings. The van der Waals surface area contributed by atoms with Gasteiger partial charge in [-0.25, -0.2) is 10.9 Å². The maximum Gasteiger partial charge on any atom is 0.307 e. The van der Waals surface area contributed by atoms with Gasteiger partial charge in [0.15, 0.2) is 11.5 Å². The highest BCUT2D eigenvalue weighted by molar-refractivity contribution is 6.14. The van der Waals surface area contributed by atoms with Crippen molar-refractivity contribution in [2.24, 2.45) is 10.2 Å². The van der Waals surface area contributed by atoms with Crippen LogP contribution in [0.5, 0.6) is 0 Å². The number of nitrogens with one attached hydrogen (secondary N) is 2. The van der Waals surface area contributed by atoms with Gasteiger partial charge >= 0.3 is 11.8 Å². The van der Waals surface area contributed by atoms with Crippen LogP contribution >= 0.6 is 0 Å². The molecule has 2 aromatic carbocycles. The number of pyridine rings is 2. The van der Waals surface area contributed by atoms with Gasteiger partial charge in [0.1, 0.15) is 0 Å². The Kier molecular flexibility index (Phi) is 7.70. The number of hydrogen-bond donors (Lipinski definition) is 2. The summed E-state index contributed by atoms with van der Waals surface area (Å²) in [6, 6.07) is 28.8. The molecular formula is C30H22N6O3. The molecule has 3 aromatic heterocycles. The molecule has 0 saturated carbocycles. The van der Waals surface area contributed by atoms with E-state index in [0.29, 0.717) is 11.4 Å². The molecule has 9 heteroatoms. The quantitative estimate of drug-likeness (QED) is 0.234. The van der Waals surface area contributed by atoms with Crippen LogP contribution < -0.4 is 10.9 Å². The maximum absolute atomic E-state index is 12.8. The standard InChI is InChI=1S/C30H22N6O3/c37-29(35-33-27(21-9-3-1-4-10-21)23-13-7-17-31-19-23)25-15-16-26(39-25)30(38)36-34-28(22-11-5-2-6-12-22)24-14-8-18-32-20-24/h1-20H,(H,35,37)(H,36,38). The second-order valence-corrected chi connectivity index (χ2v) is 8.18. The summed E-state index contributed by atoms with van der Waals surface area (Å²) in [5.41, 5.74) is 9.11. The van der Waals surface area contributed by atoms with Gasteiger partial charge in [0, 0.05) is 47.0 Å². The zero-order chi connectivity index (χ0) is 26.9. The van der Waals surface area contributed by atoms with Crippen LogP contribution in [0.25, 0.3) is 0 Å². The van der Waals surface area contributed by atoms with Crippen LogP contribution in [0.2, 0.25) is 0 Å². The Bertz CT molecular complexity index is 1410. The van der Waals surface area contributed by atoms with Crippen molar-refractivity contribution in [3.05, 3.63) is 156 Å². The summed E-state index contributed by atoms with van der Waals surface area (Å²) in [6.07, 6.45) is 6.62. The monoisotopic (exact) mass is 514 g/mol. The number of hydrazone groups is 2. The van der Waals surface area contributed by atoms with E-state index in [1.165, 1.54) is 12.1 Å². The molecule has 0 unspecified atom stereocenters. The van der Waals surface area contributed by atoms with Crippen LogP contribution in [0.15, 0.2) is 136 Å². The summed E-state index contributed by atoms with van der Waals surface area (Å²) in [5, 5.41) is 8.62. The predicted molar refractivity (Wildman–Crippen MR) is 146 cm³/mol. The Morgan fingerprint density at radius 3 is 1.33 bits per heavy atom. The van der Waals surface area contributed by atoms with E-state index < -0.39 is 11.8 Å². The molecule has 5 aromatic rings. The van der Waals surface area contributed by atoms with Crippen molar-refractivity contribution in [1.82, 2.24) is 20.8 Å². The van der Waals surface area contributed by atoms with Crippen LogP contribution in [0.4, 0.5) is 0 Å². The SMILES string of the molecule is O=C(NN=C(c1ccccc1)c1cccnc1)c1ccc(C(=O)NN=C(c2ccccc2)c2cccnc2)o1. The third kappa shape index (κ3) is 6.17. The van der Waals surface area contributed by atoms with E-state index in [1.807, 2.05) is 72.8 Å². The summed E-state index contributed by atoms with van der Waals surface area (Å²) < 4.78 is 5.51. The van der Waals surface area contributed by atoms with Crippen molar-refractivity contribution < 1.29 is 14.0 Å². The van der Waals surface area contributed by atoms with Crippen LogP contribution in [0, 0.1) is 0 Å². The fourth-order valence-corrected chi connectivity index (χ4v) is 3.69. The molecule has 0 aliphatic heterocycles. The van der Waals surface area contributed by atoms with Gasteiger partial charge in [-0.2, -0.15) is 10.2 Å². The molecule has 9 nitrogen and oxygen atoms in total. The highest BCUT2D eigenvalue weighted by Gasteiger charge is 2.17. The molecule has 0 aliphatic rings. The zero-order valence-electron chi connectivity index (χ0n) is 20.6. The van der Waals surface area contributed by atoms with Crippen molar-refractivity contribution >= 4 is 23.2 Å². The molecule has 5 rings (SSSR count). The third-order valence-corrected chi connectivity index (χ3v) is 5.56. The average Bonchev–Trinajstić information content (AvgIpc) is 3.50. The topological polar surface area (TPSA) is 122 Å². The van der Waals surface area contributed by atoms with Gasteiger partial charge in [0.2, 0.25) is 0 Å². The van der Waals surface area contributed by atoms with Gasteiger partial charge in [-0.05, 0) is 36.4 Å². The molecule has 190 valence electrons. The van der Waals surface area contributed by atoms with E-state index in [0.717, 1.165) is 22.3 Å². The second kappa shape index (κ2) is 12.0. The number of amides is 2. The lowest BCUT2D eigenvalue weighted by Gasteiger charge is -2.07. The summed E-state index contributed by atoms with van der Waals surface area (Å²) in [5.74, 6) is -1.39. The first-order chi connectivity index (χ1) is 19.2. The Morgan fingerprint density at radius 2 is 0.949 bits per heavy atom. The summed E-state index contributed by atoms with van der Waals surface area (Å²) >= 11 is 0. The first-order valence-electron chi connectivity index (χ1n) is 12.0. The Morgan fingerprint density at radius 1 is 0.538 bits per heavy atom. The van der Waals surface area contributed by atoms with E-state index in [2.05, 4.69) is 31.0 Å². The van der Waals surface area contributed by atoms with Crippen LogP contribution in [-0.2, 0) is 0 Å². The van der Waals surface area contributed by atoms with Gasteiger partial charge in [-0.3, -0.25) is 19.6 Å². The lowest BCUT2D eigenvalue weighted by Crippen LogP contribution is -2.21. The summed E-state index contributed by atoms with van der Waals surface area (Å²) in [7, 11) is 0. The minimum atomic E-state index is -0.616. The number of furan rings is 1. The van der Waals surface area contributed by atoms with Gasteiger partial charge in [0.05, 0.1) is 11.4 Å². The molecule has 0 saturated heterocycles. The summed E-state index contributed by atoms with van der Waals surface area (Å²) in [6.45, 7) is 0. The van der Waals surface area contributed by atoms with E-state index in [4.69, 9.17) is 4.42 Å². The van der Waals surface area contributed by atoms with Gasteiger partial charge < -0.3 is 4.42 Å². The highest BCUT2D eigenvalue weighted by Crippen LogP contribution is 2.13. The fraction of sp³-hybridized carbons (Fsp3) is 0. The second-order valence-electron chi connectivity index (χ2n) is 8.18. The molecule has 0 aliphatic carbocycles. The molecule has 0 atom stereocenters. The van der Waals surface area contributed by atoms with Crippen LogP contribution in [-0.4, -0.2) is 33.2 Å². The van der Waals surface area contributed by atoms with E-state index in [-0.39, 0.29) is 11.5 Å².